The van der Waals surface area contributed by atoms with Crippen molar-refractivity contribution in [3.8, 4) is 0 Å². The molecule has 1 amide bonds. The van der Waals surface area contributed by atoms with E-state index in [4.69, 9.17) is 9.47 Å². The molecule has 1 saturated heterocycles. The van der Waals surface area contributed by atoms with Gasteiger partial charge in [-0.1, -0.05) is 0 Å². The maximum Gasteiger partial charge on any atom is 0.338 e. The molecule has 0 spiro atoms. The molecule has 0 saturated carbocycles. The first-order valence-corrected chi connectivity index (χ1v) is 8.40. The lowest BCUT2D eigenvalue weighted by molar-refractivity contribution is -0.147. The number of methoxy groups -OCH3 is 1. The molecule has 0 bridgehead atoms. The molecule has 0 aromatic heterocycles. The summed E-state index contributed by atoms with van der Waals surface area (Å²) in [5, 5.41) is 2.81. The fourth-order valence-corrected chi connectivity index (χ4v) is 2.80. The summed E-state index contributed by atoms with van der Waals surface area (Å²) >= 11 is 0. The lowest BCUT2D eigenvalue weighted by atomic mass is 9.97. The highest BCUT2D eigenvalue weighted by atomic mass is 16.5. The maximum atomic E-state index is 12.1. The molecule has 7 nitrogen and oxygen atoms in total. The van der Waals surface area contributed by atoms with Gasteiger partial charge in [-0.05, 0) is 57.1 Å². The van der Waals surface area contributed by atoms with Crippen LogP contribution in [0.25, 0.3) is 0 Å². The molecule has 25 heavy (non-hydrogen) atoms. The number of anilines is 1. The summed E-state index contributed by atoms with van der Waals surface area (Å²) in [6, 6.07) is 6.59. The van der Waals surface area contributed by atoms with Crippen LogP contribution in [0.15, 0.2) is 24.3 Å². The molecule has 1 aliphatic rings. The van der Waals surface area contributed by atoms with Crippen LogP contribution >= 0.6 is 0 Å². The SMILES string of the molecule is CCOC(=O)c1ccc(NC(=O)CN2CCC(C(=O)OC)CC2)cc1. The minimum absolute atomic E-state index is 0.0697. The summed E-state index contributed by atoms with van der Waals surface area (Å²) in [4.78, 5) is 37.2. The van der Waals surface area contributed by atoms with Gasteiger partial charge in [0.25, 0.3) is 0 Å². The maximum absolute atomic E-state index is 12.1. The van der Waals surface area contributed by atoms with Gasteiger partial charge in [0.1, 0.15) is 0 Å². The predicted molar refractivity (Wildman–Crippen MR) is 92.2 cm³/mol. The van der Waals surface area contributed by atoms with E-state index in [9.17, 15) is 14.4 Å². The van der Waals surface area contributed by atoms with Crippen LogP contribution in [0.5, 0.6) is 0 Å². The number of nitrogens with one attached hydrogen (secondary N) is 1. The van der Waals surface area contributed by atoms with Crippen LogP contribution in [0, 0.1) is 5.92 Å². The van der Waals surface area contributed by atoms with Crippen LogP contribution < -0.4 is 5.32 Å². The molecule has 2 rings (SSSR count). The number of carbonyl (C=O) groups excluding carboxylic acids is 3. The lowest BCUT2D eigenvalue weighted by Gasteiger charge is -2.29. The van der Waals surface area contributed by atoms with Gasteiger partial charge in [0.2, 0.25) is 5.91 Å². The van der Waals surface area contributed by atoms with Gasteiger partial charge in [-0.15, -0.1) is 0 Å². The van der Waals surface area contributed by atoms with E-state index in [1.54, 1.807) is 31.2 Å². The lowest BCUT2D eigenvalue weighted by Crippen LogP contribution is -2.41. The number of benzene rings is 1. The van der Waals surface area contributed by atoms with Crippen LogP contribution in [-0.2, 0) is 19.1 Å². The normalized spacial score (nSPS) is 15.4. The number of ether oxygens (including phenoxy) is 2. The van der Waals surface area contributed by atoms with Crippen molar-refractivity contribution >= 4 is 23.5 Å². The molecule has 136 valence electrons. The van der Waals surface area contributed by atoms with Crippen molar-refractivity contribution < 1.29 is 23.9 Å². The van der Waals surface area contributed by atoms with Crippen LogP contribution in [-0.4, -0.2) is 56.1 Å². The number of hydrogen-bond acceptors (Lipinski definition) is 6. The minimum atomic E-state index is -0.381. The van der Waals surface area contributed by atoms with Crippen LogP contribution in [0.3, 0.4) is 0 Å². The zero-order valence-electron chi connectivity index (χ0n) is 14.6. The van der Waals surface area contributed by atoms with Gasteiger partial charge < -0.3 is 14.8 Å². The number of esters is 2. The third-order valence-corrected chi connectivity index (χ3v) is 4.17. The van der Waals surface area contributed by atoms with Crippen molar-refractivity contribution in [2.24, 2.45) is 5.92 Å². The van der Waals surface area contributed by atoms with Crippen molar-refractivity contribution in [1.82, 2.24) is 4.90 Å². The Hall–Kier alpha value is -2.41. The molecule has 1 heterocycles. The number of piperidine rings is 1. The third kappa shape index (κ3) is 5.56. The number of amides is 1. The summed E-state index contributed by atoms with van der Waals surface area (Å²) < 4.78 is 9.67. The second-order valence-electron chi connectivity index (χ2n) is 5.92. The van der Waals surface area contributed by atoms with Crippen molar-refractivity contribution in [2.75, 3.05) is 38.7 Å². The first-order chi connectivity index (χ1) is 12.0. The zero-order chi connectivity index (χ0) is 18.2. The predicted octanol–water partition coefficient (Wildman–Crippen LogP) is 1.69. The molecule has 7 heteroatoms. The average molecular weight is 348 g/mol. The Kier molecular flexibility index (Phi) is 6.94. The largest absolute Gasteiger partial charge is 0.469 e. The van der Waals surface area contributed by atoms with Gasteiger partial charge in [0.05, 0.1) is 31.7 Å². The summed E-state index contributed by atoms with van der Waals surface area (Å²) in [6.45, 7) is 3.72. The zero-order valence-corrected chi connectivity index (χ0v) is 14.6. The molecule has 0 atom stereocenters. The van der Waals surface area contributed by atoms with E-state index < -0.39 is 0 Å². The molecule has 1 aromatic carbocycles. The highest BCUT2D eigenvalue weighted by molar-refractivity contribution is 5.94. The van der Waals surface area contributed by atoms with Gasteiger partial charge in [0, 0.05) is 5.69 Å². The molecular formula is C18H24N2O5. The first kappa shape index (κ1) is 18.9. The topological polar surface area (TPSA) is 84.9 Å². The molecule has 1 aliphatic heterocycles. The van der Waals surface area contributed by atoms with E-state index in [2.05, 4.69) is 5.32 Å². The Bertz CT molecular complexity index is 606. The number of carbonyl (C=O) groups is 3. The van der Waals surface area contributed by atoms with Crippen molar-refractivity contribution in [3.63, 3.8) is 0 Å². The van der Waals surface area contributed by atoms with E-state index in [1.165, 1.54) is 7.11 Å². The summed E-state index contributed by atoms with van der Waals surface area (Å²) in [6.07, 6.45) is 1.41. The van der Waals surface area contributed by atoms with Gasteiger partial charge in [-0.3, -0.25) is 14.5 Å². The third-order valence-electron chi connectivity index (χ3n) is 4.17. The monoisotopic (exact) mass is 348 g/mol. The highest BCUT2D eigenvalue weighted by Crippen LogP contribution is 2.18. The number of hydrogen-bond donors (Lipinski definition) is 1. The second kappa shape index (κ2) is 9.17. The van der Waals surface area contributed by atoms with Crippen molar-refractivity contribution in [2.45, 2.75) is 19.8 Å². The fourth-order valence-electron chi connectivity index (χ4n) is 2.80. The molecule has 0 aliphatic carbocycles. The molecule has 1 N–H and O–H groups in total. The molecule has 0 unspecified atom stereocenters. The van der Waals surface area contributed by atoms with E-state index in [0.29, 0.717) is 43.8 Å². The summed E-state index contributed by atoms with van der Waals surface area (Å²) in [5.41, 5.74) is 1.08. The number of nitrogens with zero attached hydrogens (tertiary/aromatic N) is 1. The van der Waals surface area contributed by atoms with Crippen LogP contribution in [0.1, 0.15) is 30.1 Å². The van der Waals surface area contributed by atoms with Crippen molar-refractivity contribution in [1.29, 1.82) is 0 Å². The number of likely N-dealkylation sites (tertiary alicyclic amines) is 1. The molecule has 1 fully saturated rings. The second-order valence-corrected chi connectivity index (χ2v) is 5.92. The standard InChI is InChI=1S/C18H24N2O5/c1-3-25-18(23)13-4-6-15(7-5-13)19-16(21)12-20-10-8-14(9-11-20)17(22)24-2/h4-7,14H,3,8-12H2,1-2H3,(H,19,21). The van der Waals surface area contributed by atoms with E-state index >= 15 is 0 Å². The molecule has 0 radical (unpaired) electrons. The minimum Gasteiger partial charge on any atom is -0.469 e. The van der Waals surface area contributed by atoms with Crippen molar-refractivity contribution in [3.05, 3.63) is 29.8 Å². The van der Waals surface area contributed by atoms with Gasteiger partial charge >= 0.3 is 11.9 Å². The Morgan fingerprint density at radius 3 is 2.36 bits per heavy atom. The Morgan fingerprint density at radius 1 is 1.16 bits per heavy atom. The van der Waals surface area contributed by atoms with Gasteiger partial charge in [-0.2, -0.15) is 0 Å². The highest BCUT2D eigenvalue weighted by Gasteiger charge is 2.26. The van der Waals surface area contributed by atoms with Crippen LogP contribution in [0.4, 0.5) is 5.69 Å². The average Bonchev–Trinajstić information content (AvgIpc) is 2.62. The van der Waals surface area contributed by atoms with Gasteiger partial charge in [-0.25, -0.2) is 4.79 Å². The van der Waals surface area contributed by atoms with Gasteiger partial charge in [0.15, 0.2) is 0 Å². The smallest absolute Gasteiger partial charge is 0.338 e. The Labute approximate surface area is 147 Å². The Morgan fingerprint density at radius 2 is 1.80 bits per heavy atom. The quantitative estimate of drug-likeness (QED) is 0.788. The van der Waals surface area contributed by atoms with E-state index in [0.717, 1.165) is 0 Å². The molecule has 1 aromatic rings. The Balaban J connectivity index is 1.79. The number of rotatable bonds is 6. The fraction of sp³-hybridized carbons (Fsp3) is 0.500. The first-order valence-electron chi connectivity index (χ1n) is 8.40. The summed E-state index contributed by atoms with van der Waals surface area (Å²) in [5.74, 6) is -0.750. The summed E-state index contributed by atoms with van der Waals surface area (Å²) in [7, 11) is 1.40. The molecular weight excluding hydrogens is 324 g/mol. The van der Waals surface area contributed by atoms with E-state index in [1.807, 2.05) is 4.90 Å². The van der Waals surface area contributed by atoms with Crippen LogP contribution in [0.2, 0.25) is 0 Å². The van der Waals surface area contributed by atoms with E-state index in [-0.39, 0.29) is 30.3 Å².